The molecule has 194 valence electrons. The highest BCUT2D eigenvalue weighted by atomic mass is 35.5. The Morgan fingerprint density at radius 2 is 0.882 bits per heavy atom. The Morgan fingerprint density at radius 1 is 0.529 bits per heavy atom. The van der Waals surface area contributed by atoms with Crippen LogP contribution < -0.4 is 20.9 Å². The van der Waals surface area contributed by atoms with E-state index in [0.29, 0.717) is 24.6 Å². The summed E-state index contributed by atoms with van der Waals surface area (Å²) < 4.78 is 12.0. The minimum atomic E-state index is 0. The summed E-state index contributed by atoms with van der Waals surface area (Å²) in [5, 5.41) is 0. The molecule has 0 saturated carbocycles. The van der Waals surface area contributed by atoms with Crippen molar-refractivity contribution < 1.29 is 9.47 Å². The van der Waals surface area contributed by atoms with E-state index in [4.69, 9.17) is 20.9 Å². The highest BCUT2D eigenvalue weighted by molar-refractivity contribution is 5.85. The van der Waals surface area contributed by atoms with Gasteiger partial charge in [-0.15, -0.1) is 24.8 Å². The maximum absolute atomic E-state index is 6.16. The van der Waals surface area contributed by atoms with Gasteiger partial charge in [0, 0.05) is 0 Å². The predicted octanol–water partition coefficient (Wildman–Crippen LogP) is 8.84. The molecule has 0 aliphatic rings. The van der Waals surface area contributed by atoms with Gasteiger partial charge in [-0.3, -0.25) is 0 Å². The molecule has 0 aliphatic heterocycles. The molecule has 34 heavy (non-hydrogen) atoms. The second-order valence-electron chi connectivity index (χ2n) is 8.74. The SMILES string of the molecule is CCCCCCCCOc1cc(-c2ccc(N)c(OCCCCCCCC)c2)ccc1N.Cl.Cl. The molecule has 0 heterocycles. The molecule has 2 aromatic rings. The highest BCUT2D eigenvalue weighted by Crippen LogP contribution is 2.33. The molecule has 0 unspecified atom stereocenters. The lowest BCUT2D eigenvalue weighted by Gasteiger charge is -2.13. The third-order valence-electron chi connectivity index (χ3n) is 5.87. The smallest absolute Gasteiger partial charge is 0.142 e. The van der Waals surface area contributed by atoms with Gasteiger partial charge in [-0.2, -0.15) is 0 Å². The molecule has 4 nitrogen and oxygen atoms in total. The Bertz CT molecular complexity index is 721. The molecule has 2 aromatic carbocycles. The Labute approximate surface area is 220 Å². The van der Waals surface area contributed by atoms with Crippen LogP contribution in [0.1, 0.15) is 90.9 Å². The fourth-order valence-electron chi connectivity index (χ4n) is 3.81. The summed E-state index contributed by atoms with van der Waals surface area (Å²) in [7, 11) is 0. The molecule has 6 heteroatoms. The van der Waals surface area contributed by atoms with Crippen molar-refractivity contribution in [1.29, 1.82) is 0 Å². The van der Waals surface area contributed by atoms with E-state index in [-0.39, 0.29) is 24.8 Å². The van der Waals surface area contributed by atoms with E-state index in [1.807, 2.05) is 36.4 Å². The van der Waals surface area contributed by atoms with E-state index in [1.54, 1.807) is 0 Å². The van der Waals surface area contributed by atoms with E-state index in [2.05, 4.69) is 13.8 Å². The van der Waals surface area contributed by atoms with E-state index >= 15 is 0 Å². The quantitative estimate of drug-likeness (QED) is 0.164. The van der Waals surface area contributed by atoms with Crippen LogP contribution in [0.4, 0.5) is 11.4 Å². The number of nitrogen functional groups attached to an aromatic ring is 2. The first-order chi connectivity index (χ1) is 15.7. The summed E-state index contributed by atoms with van der Waals surface area (Å²) >= 11 is 0. The summed E-state index contributed by atoms with van der Waals surface area (Å²) in [4.78, 5) is 0. The van der Waals surface area contributed by atoms with Gasteiger partial charge in [-0.05, 0) is 48.2 Å². The third-order valence-corrected chi connectivity index (χ3v) is 5.87. The maximum atomic E-state index is 6.16. The molecule has 0 radical (unpaired) electrons. The van der Waals surface area contributed by atoms with Gasteiger partial charge in [0.25, 0.3) is 0 Å². The van der Waals surface area contributed by atoms with Crippen molar-refractivity contribution in [1.82, 2.24) is 0 Å². The van der Waals surface area contributed by atoms with Gasteiger partial charge >= 0.3 is 0 Å². The minimum Gasteiger partial charge on any atom is -0.491 e. The Morgan fingerprint density at radius 3 is 1.26 bits per heavy atom. The number of halogens is 2. The number of hydrogen-bond donors (Lipinski definition) is 2. The Balaban J connectivity index is 0.00000544. The molecule has 0 amide bonds. The van der Waals surface area contributed by atoms with Crippen molar-refractivity contribution in [3.63, 3.8) is 0 Å². The van der Waals surface area contributed by atoms with E-state index in [1.165, 1.54) is 64.2 Å². The van der Waals surface area contributed by atoms with Crippen LogP contribution in [-0.2, 0) is 0 Å². The van der Waals surface area contributed by atoms with E-state index in [0.717, 1.165) is 35.5 Å². The number of anilines is 2. The van der Waals surface area contributed by atoms with Crippen LogP contribution in [0.15, 0.2) is 36.4 Å². The molecular weight excluding hydrogens is 467 g/mol. The van der Waals surface area contributed by atoms with Gasteiger partial charge in [0.05, 0.1) is 24.6 Å². The van der Waals surface area contributed by atoms with Crippen LogP contribution in [0.3, 0.4) is 0 Å². The van der Waals surface area contributed by atoms with Gasteiger partial charge in [0.1, 0.15) is 11.5 Å². The van der Waals surface area contributed by atoms with E-state index in [9.17, 15) is 0 Å². The van der Waals surface area contributed by atoms with Crippen molar-refractivity contribution in [3.05, 3.63) is 36.4 Å². The normalized spacial score (nSPS) is 10.3. The summed E-state index contributed by atoms with van der Waals surface area (Å²) in [6, 6.07) is 11.9. The number of ether oxygens (including phenoxy) is 2. The maximum Gasteiger partial charge on any atom is 0.142 e. The van der Waals surface area contributed by atoms with Crippen molar-refractivity contribution in [2.24, 2.45) is 0 Å². The number of rotatable bonds is 17. The van der Waals surface area contributed by atoms with Crippen LogP contribution in [0.5, 0.6) is 11.5 Å². The lowest BCUT2D eigenvalue weighted by molar-refractivity contribution is 0.305. The lowest BCUT2D eigenvalue weighted by atomic mass is 10.0. The van der Waals surface area contributed by atoms with Crippen LogP contribution >= 0.6 is 24.8 Å². The number of nitrogens with two attached hydrogens (primary N) is 2. The van der Waals surface area contributed by atoms with E-state index < -0.39 is 0 Å². The Hall–Kier alpha value is -1.78. The van der Waals surface area contributed by atoms with Crippen LogP contribution in [-0.4, -0.2) is 13.2 Å². The first-order valence-corrected chi connectivity index (χ1v) is 12.7. The van der Waals surface area contributed by atoms with Gasteiger partial charge in [0.15, 0.2) is 0 Å². The molecule has 2 rings (SSSR count). The number of hydrogen-bond acceptors (Lipinski definition) is 4. The summed E-state index contributed by atoms with van der Waals surface area (Å²) in [6.45, 7) is 5.89. The van der Waals surface area contributed by atoms with Gasteiger partial charge in [0.2, 0.25) is 0 Å². The topological polar surface area (TPSA) is 70.5 Å². The van der Waals surface area contributed by atoms with Crippen molar-refractivity contribution in [3.8, 4) is 22.6 Å². The average Bonchev–Trinajstić information content (AvgIpc) is 2.80. The number of unbranched alkanes of at least 4 members (excludes halogenated alkanes) is 10. The fraction of sp³-hybridized carbons (Fsp3) is 0.571. The molecule has 0 atom stereocenters. The first-order valence-electron chi connectivity index (χ1n) is 12.7. The van der Waals surface area contributed by atoms with Crippen molar-refractivity contribution in [2.75, 3.05) is 24.7 Å². The van der Waals surface area contributed by atoms with Crippen molar-refractivity contribution >= 4 is 36.2 Å². The first kappa shape index (κ1) is 32.2. The second-order valence-corrected chi connectivity index (χ2v) is 8.74. The predicted molar refractivity (Wildman–Crippen MR) is 153 cm³/mol. The molecule has 0 saturated heterocycles. The Kier molecular flexibility index (Phi) is 18.5. The molecular formula is C28H46Cl2N2O2. The molecule has 0 aromatic heterocycles. The fourth-order valence-corrected chi connectivity index (χ4v) is 3.81. The number of benzene rings is 2. The zero-order chi connectivity index (χ0) is 23.0. The highest BCUT2D eigenvalue weighted by Gasteiger charge is 2.08. The largest absolute Gasteiger partial charge is 0.491 e. The van der Waals surface area contributed by atoms with Gasteiger partial charge in [-0.1, -0.05) is 90.2 Å². The second kappa shape index (κ2) is 19.5. The zero-order valence-corrected chi connectivity index (χ0v) is 22.8. The molecule has 4 N–H and O–H groups in total. The monoisotopic (exact) mass is 512 g/mol. The minimum absolute atomic E-state index is 0. The van der Waals surface area contributed by atoms with Gasteiger partial charge in [-0.25, -0.2) is 0 Å². The standard InChI is InChI=1S/C28H44N2O2.2ClH/c1-3-5-7-9-11-13-19-31-27-21-23(15-17-25(27)29)24-16-18-26(30)28(22-24)32-20-14-12-10-8-6-4-2;;/h15-18,21-22H,3-14,19-20,29-30H2,1-2H3;2*1H. The third kappa shape index (κ3) is 12.1. The van der Waals surface area contributed by atoms with Crippen LogP contribution in [0.2, 0.25) is 0 Å². The average molecular weight is 514 g/mol. The van der Waals surface area contributed by atoms with Crippen LogP contribution in [0, 0.1) is 0 Å². The summed E-state index contributed by atoms with van der Waals surface area (Å²) in [5.41, 5.74) is 15.8. The molecule has 0 bridgehead atoms. The lowest BCUT2D eigenvalue weighted by Crippen LogP contribution is -2.02. The molecule has 0 aliphatic carbocycles. The zero-order valence-electron chi connectivity index (χ0n) is 21.2. The van der Waals surface area contributed by atoms with Gasteiger partial charge < -0.3 is 20.9 Å². The molecule has 0 fully saturated rings. The summed E-state index contributed by atoms with van der Waals surface area (Å²) in [5.74, 6) is 1.50. The van der Waals surface area contributed by atoms with Crippen molar-refractivity contribution in [2.45, 2.75) is 90.9 Å². The van der Waals surface area contributed by atoms with Crippen LogP contribution in [0.25, 0.3) is 11.1 Å². The molecule has 0 spiro atoms. The summed E-state index contributed by atoms with van der Waals surface area (Å²) in [6.07, 6.45) is 14.9.